The number of nitrogens with zero attached hydrogens (tertiary/aromatic N) is 1. The highest BCUT2D eigenvalue weighted by atomic mass is 16.5. The molecule has 2 rings (SSSR count). The maximum atomic E-state index is 11.1. The van der Waals surface area contributed by atoms with Gasteiger partial charge in [0.05, 0.1) is 30.1 Å². The number of nitrogens with two attached hydrogens (primary N) is 2. The molecule has 1 atom stereocenters. The maximum absolute atomic E-state index is 11.1. The molecule has 2 heterocycles. The topological polar surface area (TPSA) is 103 Å². The van der Waals surface area contributed by atoms with E-state index in [0.29, 0.717) is 23.7 Å². The van der Waals surface area contributed by atoms with Crippen LogP contribution in [0.15, 0.2) is 12.3 Å². The molecule has 92 valence electrons. The predicted octanol–water partition coefficient (Wildman–Crippen LogP) is 0.354. The Kier molecular flexibility index (Phi) is 3.43. The van der Waals surface area contributed by atoms with Crippen LogP contribution < -0.4 is 16.8 Å². The largest absolute Gasteiger partial charge is 0.397 e. The lowest BCUT2D eigenvalue weighted by molar-refractivity contribution is 0.0875. The number of nitrogens with one attached hydrogen (secondary N) is 1. The average Bonchev–Trinajstić information content (AvgIpc) is 2.32. The van der Waals surface area contributed by atoms with Crippen molar-refractivity contribution < 1.29 is 9.53 Å². The van der Waals surface area contributed by atoms with E-state index in [2.05, 4.69) is 10.3 Å². The zero-order valence-corrected chi connectivity index (χ0v) is 9.48. The monoisotopic (exact) mass is 236 g/mol. The van der Waals surface area contributed by atoms with Crippen molar-refractivity contribution in [3.05, 3.63) is 17.8 Å². The van der Waals surface area contributed by atoms with Gasteiger partial charge < -0.3 is 21.5 Å². The third-order valence-corrected chi connectivity index (χ3v) is 2.71. The number of pyridine rings is 1. The second kappa shape index (κ2) is 5.01. The van der Waals surface area contributed by atoms with Crippen LogP contribution in [-0.2, 0) is 4.74 Å². The van der Waals surface area contributed by atoms with E-state index in [1.54, 1.807) is 6.07 Å². The highest BCUT2D eigenvalue weighted by molar-refractivity contribution is 5.98. The van der Waals surface area contributed by atoms with Crippen molar-refractivity contribution in [3.8, 4) is 0 Å². The summed E-state index contributed by atoms with van der Waals surface area (Å²) in [7, 11) is 0. The lowest BCUT2D eigenvalue weighted by Gasteiger charge is -2.23. The van der Waals surface area contributed by atoms with E-state index in [1.165, 1.54) is 6.20 Å². The van der Waals surface area contributed by atoms with Gasteiger partial charge in [0, 0.05) is 6.61 Å². The quantitative estimate of drug-likeness (QED) is 0.702. The Balaban J connectivity index is 2.10. The van der Waals surface area contributed by atoms with E-state index < -0.39 is 5.91 Å². The number of carbonyl (C=O) groups is 1. The number of anilines is 2. The Bertz CT molecular complexity index is 416. The zero-order valence-electron chi connectivity index (χ0n) is 9.48. The number of primary amides is 1. The van der Waals surface area contributed by atoms with Crippen molar-refractivity contribution in [1.29, 1.82) is 0 Å². The van der Waals surface area contributed by atoms with E-state index in [0.717, 1.165) is 19.4 Å². The molecule has 17 heavy (non-hydrogen) atoms. The molecule has 0 bridgehead atoms. The highest BCUT2D eigenvalue weighted by Crippen LogP contribution is 2.17. The summed E-state index contributed by atoms with van der Waals surface area (Å²) in [6, 6.07) is 1.80. The van der Waals surface area contributed by atoms with Gasteiger partial charge >= 0.3 is 0 Å². The van der Waals surface area contributed by atoms with Crippen molar-refractivity contribution in [1.82, 2.24) is 4.98 Å². The Morgan fingerprint density at radius 2 is 2.41 bits per heavy atom. The molecule has 0 aromatic carbocycles. The summed E-state index contributed by atoms with van der Waals surface area (Å²) >= 11 is 0. The van der Waals surface area contributed by atoms with Crippen LogP contribution in [0.1, 0.15) is 23.2 Å². The second-order valence-electron chi connectivity index (χ2n) is 4.08. The van der Waals surface area contributed by atoms with Gasteiger partial charge in [0.1, 0.15) is 5.82 Å². The second-order valence-corrected chi connectivity index (χ2v) is 4.08. The molecule has 0 radical (unpaired) electrons. The number of hydrogen-bond acceptors (Lipinski definition) is 5. The van der Waals surface area contributed by atoms with Gasteiger partial charge in [-0.1, -0.05) is 0 Å². The van der Waals surface area contributed by atoms with Gasteiger partial charge in [-0.25, -0.2) is 4.98 Å². The van der Waals surface area contributed by atoms with Crippen LogP contribution in [-0.4, -0.2) is 30.1 Å². The molecule has 1 amide bonds. The molecule has 1 fully saturated rings. The molecule has 6 nitrogen and oxygen atoms in total. The van der Waals surface area contributed by atoms with E-state index in [-0.39, 0.29) is 6.04 Å². The molecule has 1 unspecified atom stereocenters. The molecular formula is C11H16N4O2. The number of aromatic nitrogens is 1. The van der Waals surface area contributed by atoms with Crippen LogP contribution in [0.4, 0.5) is 11.5 Å². The van der Waals surface area contributed by atoms with E-state index in [9.17, 15) is 4.79 Å². The Hall–Kier alpha value is -1.82. The van der Waals surface area contributed by atoms with Gasteiger partial charge in [-0.05, 0) is 18.9 Å². The fraction of sp³-hybridized carbons (Fsp3) is 0.455. The van der Waals surface area contributed by atoms with Gasteiger partial charge in [0.2, 0.25) is 0 Å². The molecule has 1 aliphatic rings. The summed E-state index contributed by atoms with van der Waals surface area (Å²) in [6.45, 7) is 1.46. The van der Waals surface area contributed by atoms with E-state index >= 15 is 0 Å². The van der Waals surface area contributed by atoms with Gasteiger partial charge in [-0.15, -0.1) is 0 Å². The first-order chi connectivity index (χ1) is 8.16. The standard InChI is InChI=1S/C11H16N4O2/c12-9-5-14-10(4-8(9)11(13)16)15-7-2-1-3-17-6-7/h4-5,7H,1-3,6,12H2,(H2,13,16)(H,14,15). The lowest BCUT2D eigenvalue weighted by Crippen LogP contribution is -2.30. The van der Waals surface area contributed by atoms with Crippen molar-refractivity contribution in [2.24, 2.45) is 5.73 Å². The fourth-order valence-corrected chi connectivity index (χ4v) is 1.82. The Labute approximate surface area is 99.3 Å². The van der Waals surface area contributed by atoms with Crippen molar-refractivity contribution >= 4 is 17.4 Å². The summed E-state index contributed by atoms with van der Waals surface area (Å²) < 4.78 is 5.35. The molecule has 6 heteroatoms. The van der Waals surface area contributed by atoms with Crippen molar-refractivity contribution in [3.63, 3.8) is 0 Å². The van der Waals surface area contributed by atoms with E-state index in [4.69, 9.17) is 16.2 Å². The molecular weight excluding hydrogens is 220 g/mol. The average molecular weight is 236 g/mol. The third kappa shape index (κ3) is 2.85. The summed E-state index contributed by atoms with van der Waals surface area (Å²) in [6.07, 6.45) is 3.49. The van der Waals surface area contributed by atoms with Gasteiger partial charge in [0.25, 0.3) is 5.91 Å². The zero-order chi connectivity index (χ0) is 12.3. The van der Waals surface area contributed by atoms with Crippen LogP contribution in [0.2, 0.25) is 0 Å². The minimum Gasteiger partial charge on any atom is -0.397 e. The molecule has 1 aromatic rings. The third-order valence-electron chi connectivity index (χ3n) is 2.71. The first-order valence-electron chi connectivity index (χ1n) is 5.56. The van der Waals surface area contributed by atoms with Gasteiger partial charge in [-0.3, -0.25) is 4.79 Å². The van der Waals surface area contributed by atoms with Gasteiger partial charge in [0.15, 0.2) is 0 Å². The molecule has 0 aliphatic carbocycles. The maximum Gasteiger partial charge on any atom is 0.250 e. The molecule has 0 spiro atoms. The van der Waals surface area contributed by atoms with Crippen LogP contribution >= 0.6 is 0 Å². The summed E-state index contributed by atoms with van der Waals surface area (Å²) in [5.41, 5.74) is 11.4. The molecule has 0 saturated carbocycles. The molecule has 1 aliphatic heterocycles. The Morgan fingerprint density at radius 3 is 3.06 bits per heavy atom. The number of rotatable bonds is 3. The SMILES string of the molecule is NC(=O)c1cc(NC2CCCOC2)ncc1N. The smallest absolute Gasteiger partial charge is 0.250 e. The van der Waals surface area contributed by atoms with Crippen LogP contribution in [0, 0.1) is 0 Å². The van der Waals surface area contributed by atoms with E-state index in [1.807, 2.05) is 0 Å². The number of amides is 1. The minimum atomic E-state index is -0.548. The Morgan fingerprint density at radius 1 is 1.59 bits per heavy atom. The summed E-state index contributed by atoms with van der Waals surface area (Å²) in [4.78, 5) is 15.2. The summed E-state index contributed by atoms with van der Waals surface area (Å²) in [5, 5.41) is 3.20. The normalized spacial score (nSPS) is 19.9. The number of carbonyl (C=O) groups excluding carboxylic acids is 1. The molecule has 1 saturated heterocycles. The first-order valence-corrected chi connectivity index (χ1v) is 5.56. The predicted molar refractivity (Wildman–Crippen MR) is 64.6 cm³/mol. The molecule has 1 aromatic heterocycles. The summed E-state index contributed by atoms with van der Waals surface area (Å²) in [5.74, 6) is 0.0522. The highest BCUT2D eigenvalue weighted by Gasteiger charge is 2.15. The first kappa shape index (κ1) is 11.7. The van der Waals surface area contributed by atoms with Gasteiger partial charge in [-0.2, -0.15) is 0 Å². The van der Waals surface area contributed by atoms with Crippen LogP contribution in [0.5, 0.6) is 0 Å². The van der Waals surface area contributed by atoms with Crippen LogP contribution in [0.25, 0.3) is 0 Å². The van der Waals surface area contributed by atoms with Crippen molar-refractivity contribution in [2.45, 2.75) is 18.9 Å². The lowest BCUT2D eigenvalue weighted by atomic mass is 10.1. The minimum absolute atomic E-state index is 0.223. The van der Waals surface area contributed by atoms with Crippen LogP contribution in [0.3, 0.4) is 0 Å². The molecule has 5 N–H and O–H groups in total. The van der Waals surface area contributed by atoms with Crippen molar-refractivity contribution in [2.75, 3.05) is 24.3 Å². The number of ether oxygens (including phenoxy) is 1. The fourth-order valence-electron chi connectivity index (χ4n) is 1.82. The number of hydrogen-bond donors (Lipinski definition) is 3. The number of nitrogen functional groups attached to an aromatic ring is 1.